The molecular weight excluding hydrogens is 322 g/mol. The summed E-state index contributed by atoms with van der Waals surface area (Å²) in [6.07, 6.45) is 2.08. The fraction of sp³-hybridized carbons (Fsp3) is 0.421. The Morgan fingerprint density at radius 3 is 2.58 bits per heavy atom. The maximum atomic E-state index is 11.0. The molecule has 0 spiro atoms. The Kier molecular flexibility index (Phi) is 5.21. The van der Waals surface area contributed by atoms with Crippen LogP contribution in [0.3, 0.4) is 0 Å². The van der Waals surface area contributed by atoms with Crippen molar-refractivity contribution in [1.29, 1.82) is 0 Å². The van der Waals surface area contributed by atoms with Gasteiger partial charge in [0.1, 0.15) is 0 Å². The van der Waals surface area contributed by atoms with Gasteiger partial charge in [-0.05, 0) is 38.2 Å². The van der Waals surface area contributed by atoms with Gasteiger partial charge in [0.15, 0.2) is 0 Å². The molecule has 24 heavy (non-hydrogen) atoms. The molecule has 0 aliphatic carbocycles. The molecule has 1 aromatic heterocycles. The van der Waals surface area contributed by atoms with E-state index < -0.39 is 6.10 Å². The largest absolute Gasteiger partial charge is 0.389 e. The predicted molar refractivity (Wildman–Crippen MR) is 97.0 cm³/mol. The number of aromatic nitrogens is 1. The van der Waals surface area contributed by atoms with Gasteiger partial charge in [-0.15, -0.1) is 0 Å². The molecule has 0 bridgehead atoms. The Morgan fingerprint density at radius 1 is 1.25 bits per heavy atom. The molecule has 128 valence electrons. The number of hydrogen-bond acceptors (Lipinski definition) is 4. The van der Waals surface area contributed by atoms with Crippen LogP contribution in [0.5, 0.6) is 0 Å². The van der Waals surface area contributed by atoms with Crippen LogP contribution in [-0.4, -0.2) is 53.2 Å². The van der Waals surface area contributed by atoms with Gasteiger partial charge in [-0.2, -0.15) is 0 Å². The molecule has 2 heterocycles. The zero-order valence-corrected chi connectivity index (χ0v) is 14.9. The van der Waals surface area contributed by atoms with Crippen LogP contribution >= 0.6 is 11.6 Å². The Hall–Kier alpha value is -1.46. The third kappa shape index (κ3) is 3.33. The number of likely N-dealkylation sites (tertiary alicyclic amines) is 1. The van der Waals surface area contributed by atoms with Crippen LogP contribution in [0.4, 0.5) is 0 Å². The van der Waals surface area contributed by atoms with Crippen molar-refractivity contribution in [2.24, 2.45) is 0 Å². The molecule has 5 heteroatoms. The maximum absolute atomic E-state index is 11.0. The number of benzene rings is 1. The summed E-state index contributed by atoms with van der Waals surface area (Å²) in [6.45, 7) is 2.26. The van der Waals surface area contributed by atoms with Crippen molar-refractivity contribution >= 4 is 11.6 Å². The van der Waals surface area contributed by atoms with Crippen LogP contribution in [0.15, 0.2) is 48.7 Å². The number of aliphatic hydroxyl groups excluding tert-OH is 1. The normalized spacial score (nSPS) is 25.1. The third-order valence-electron chi connectivity index (χ3n) is 5.04. The van der Waals surface area contributed by atoms with E-state index >= 15 is 0 Å². The van der Waals surface area contributed by atoms with Crippen LogP contribution in [0, 0.1) is 0 Å². The van der Waals surface area contributed by atoms with Gasteiger partial charge in [-0.3, -0.25) is 14.8 Å². The minimum atomic E-state index is -0.462. The van der Waals surface area contributed by atoms with E-state index in [-0.39, 0.29) is 5.54 Å². The number of rotatable bonds is 4. The van der Waals surface area contributed by atoms with Crippen LogP contribution in [-0.2, 0) is 12.1 Å². The first-order valence-electron chi connectivity index (χ1n) is 8.26. The summed E-state index contributed by atoms with van der Waals surface area (Å²) in [4.78, 5) is 8.77. The molecule has 1 aliphatic rings. The van der Waals surface area contributed by atoms with Crippen molar-refractivity contribution in [3.8, 4) is 0 Å². The fourth-order valence-electron chi connectivity index (χ4n) is 3.70. The predicted octanol–water partition coefficient (Wildman–Crippen LogP) is 2.76. The van der Waals surface area contributed by atoms with Gasteiger partial charge in [-0.1, -0.05) is 41.9 Å². The molecule has 0 amide bonds. The second kappa shape index (κ2) is 7.19. The summed E-state index contributed by atoms with van der Waals surface area (Å²) in [7, 11) is 4.10. The van der Waals surface area contributed by atoms with E-state index in [9.17, 15) is 5.11 Å². The number of halogens is 1. The van der Waals surface area contributed by atoms with Gasteiger partial charge >= 0.3 is 0 Å². The van der Waals surface area contributed by atoms with E-state index in [2.05, 4.69) is 26.9 Å². The van der Waals surface area contributed by atoms with Crippen LogP contribution in [0.2, 0.25) is 5.02 Å². The lowest BCUT2D eigenvalue weighted by atomic mass is 9.77. The highest BCUT2D eigenvalue weighted by Gasteiger charge is 2.45. The highest BCUT2D eigenvalue weighted by Crippen LogP contribution is 2.37. The van der Waals surface area contributed by atoms with Crippen LogP contribution < -0.4 is 0 Å². The molecule has 1 aliphatic heterocycles. The van der Waals surface area contributed by atoms with E-state index in [0.717, 1.165) is 25.2 Å². The minimum absolute atomic E-state index is 0.342. The maximum Gasteiger partial charge on any atom is 0.0892 e. The summed E-state index contributed by atoms with van der Waals surface area (Å²) >= 11 is 5.90. The minimum Gasteiger partial charge on any atom is -0.389 e. The molecule has 2 atom stereocenters. The lowest BCUT2D eigenvalue weighted by Gasteiger charge is -2.49. The highest BCUT2D eigenvalue weighted by molar-refractivity contribution is 6.30. The number of hydrogen-bond donors (Lipinski definition) is 1. The smallest absolute Gasteiger partial charge is 0.0892 e. The average molecular weight is 346 g/mol. The lowest BCUT2D eigenvalue weighted by Crippen LogP contribution is -2.59. The van der Waals surface area contributed by atoms with Crippen molar-refractivity contribution < 1.29 is 5.11 Å². The Labute approximate surface area is 148 Å². The molecule has 1 saturated heterocycles. The molecule has 1 aromatic carbocycles. The van der Waals surface area contributed by atoms with Gasteiger partial charge in [0.05, 0.1) is 22.4 Å². The SMILES string of the molecule is CN(C)[C@]1(c2ccccc2)CCN(Cc2ccc(Cl)cn2)C[C@H]1O. The van der Waals surface area contributed by atoms with Crippen molar-refractivity contribution in [1.82, 2.24) is 14.8 Å². The summed E-state index contributed by atoms with van der Waals surface area (Å²) in [5, 5.41) is 11.7. The van der Waals surface area contributed by atoms with E-state index in [1.165, 1.54) is 5.56 Å². The van der Waals surface area contributed by atoms with Gasteiger partial charge in [-0.25, -0.2) is 0 Å². The van der Waals surface area contributed by atoms with Gasteiger partial charge < -0.3 is 5.11 Å². The molecule has 1 N–H and O–H groups in total. The Balaban J connectivity index is 1.77. The average Bonchev–Trinajstić information content (AvgIpc) is 2.58. The number of nitrogens with zero attached hydrogens (tertiary/aromatic N) is 3. The first-order chi connectivity index (χ1) is 11.5. The number of piperidine rings is 1. The van der Waals surface area contributed by atoms with Crippen molar-refractivity contribution in [3.05, 3.63) is 64.9 Å². The topological polar surface area (TPSA) is 39.6 Å². The van der Waals surface area contributed by atoms with E-state index in [4.69, 9.17) is 11.6 Å². The van der Waals surface area contributed by atoms with Gasteiger partial charge in [0, 0.05) is 25.8 Å². The van der Waals surface area contributed by atoms with Crippen molar-refractivity contribution in [2.75, 3.05) is 27.2 Å². The van der Waals surface area contributed by atoms with E-state index in [0.29, 0.717) is 11.6 Å². The number of pyridine rings is 1. The Bertz CT molecular complexity index is 662. The molecule has 2 aromatic rings. The molecule has 3 rings (SSSR count). The molecule has 0 radical (unpaired) electrons. The molecule has 0 unspecified atom stereocenters. The number of likely N-dealkylation sites (N-methyl/N-ethyl adjacent to an activating group) is 1. The van der Waals surface area contributed by atoms with Gasteiger partial charge in [0.25, 0.3) is 0 Å². The summed E-state index contributed by atoms with van der Waals surface area (Å²) in [5.74, 6) is 0. The zero-order valence-electron chi connectivity index (χ0n) is 14.2. The van der Waals surface area contributed by atoms with Gasteiger partial charge in [0.2, 0.25) is 0 Å². The summed E-state index contributed by atoms with van der Waals surface area (Å²) in [6, 6.07) is 14.1. The first kappa shape index (κ1) is 17.4. The van der Waals surface area contributed by atoms with E-state index in [1.807, 2.05) is 44.4 Å². The summed E-state index contributed by atoms with van der Waals surface area (Å²) in [5.41, 5.74) is 1.81. The van der Waals surface area contributed by atoms with Crippen LogP contribution in [0.25, 0.3) is 0 Å². The van der Waals surface area contributed by atoms with Crippen molar-refractivity contribution in [3.63, 3.8) is 0 Å². The third-order valence-corrected chi connectivity index (χ3v) is 5.26. The van der Waals surface area contributed by atoms with Crippen molar-refractivity contribution in [2.45, 2.75) is 24.6 Å². The number of aliphatic hydroxyl groups is 1. The first-order valence-corrected chi connectivity index (χ1v) is 8.64. The second-order valence-electron chi connectivity index (χ2n) is 6.65. The Morgan fingerprint density at radius 2 is 2.00 bits per heavy atom. The fourth-order valence-corrected chi connectivity index (χ4v) is 3.81. The lowest BCUT2D eigenvalue weighted by molar-refractivity contribution is -0.0704. The number of β-amino-alcohol motifs (C(OH)–C–C–N with tert-alkyl or cyclic N) is 1. The highest BCUT2D eigenvalue weighted by atomic mass is 35.5. The molecule has 0 saturated carbocycles. The molecule has 1 fully saturated rings. The molecule has 4 nitrogen and oxygen atoms in total. The van der Waals surface area contributed by atoms with Crippen LogP contribution in [0.1, 0.15) is 17.7 Å². The standard InChI is InChI=1S/C19H24ClN3O/c1-22(2)19(15-6-4-3-5-7-15)10-11-23(14-18(19)24)13-17-9-8-16(20)12-21-17/h3-9,12,18,24H,10-11,13-14H2,1-2H3/t18-,19+/m1/s1. The quantitative estimate of drug-likeness (QED) is 0.925. The monoisotopic (exact) mass is 345 g/mol. The second-order valence-corrected chi connectivity index (χ2v) is 7.09. The zero-order chi connectivity index (χ0) is 17.2. The molecular formula is C19H24ClN3O. The summed E-state index contributed by atoms with van der Waals surface area (Å²) < 4.78 is 0. The van der Waals surface area contributed by atoms with E-state index in [1.54, 1.807) is 6.20 Å².